The van der Waals surface area contributed by atoms with Crippen molar-refractivity contribution in [2.24, 2.45) is 5.73 Å². The first-order valence-electron chi connectivity index (χ1n) is 10.7. The molecular formula is C23H22F5N5O2. The number of aromatic nitrogens is 1. The first-order valence-corrected chi connectivity index (χ1v) is 10.7. The maximum Gasteiger partial charge on any atom is 0.322 e. The molecule has 35 heavy (non-hydrogen) atoms. The number of rotatable bonds is 6. The fraction of sp³-hybridized carbons (Fsp3) is 0.304. The molecule has 12 heteroatoms. The van der Waals surface area contributed by atoms with Crippen LogP contribution in [0, 0.1) is 17.5 Å². The Balaban J connectivity index is 1.71. The van der Waals surface area contributed by atoms with E-state index in [0.29, 0.717) is 34.4 Å². The Morgan fingerprint density at radius 3 is 2.57 bits per heavy atom. The van der Waals surface area contributed by atoms with Crippen molar-refractivity contribution in [3.05, 3.63) is 64.6 Å². The molecule has 0 saturated carbocycles. The Hall–Kier alpha value is -3.51. The van der Waals surface area contributed by atoms with E-state index in [2.05, 4.69) is 15.6 Å². The van der Waals surface area contributed by atoms with E-state index >= 15 is 0 Å². The summed E-state index contributed by atoms with van der Waals surface area (Å²) in [6, 6.07) is 3.42. The lowest BCUT2D eigenvalue weighted by molar-refractivity contribution is 0.0529. The third-order valence-corrected chi connectivity index (χ3v) is 5.72. The van der Waals surface area contributed by atoms with Crippen LogP contribution in [0.3, 0.4) is 0 Å². The summed E-state index contributed by atoms with van der Waals surface area (Å²) in [5.41, 5.74) is 5.55. The molecule has 0 aliphatic carbocycles. The van der Waals surface area contributed by atoms with Crippen molar-refractivity contribution in [2.45, 2.75) is 19.1 Å². The van der Waals surface area contributed by atoms with Crippen molar-refractivity contribution >= 4 is 28.3 Å². The first-order chi connectivity index (χ1) is 16.7. The molecule has 2 amide bonds. The SMILES string of the molecule is CN(C(=O)Nc1ccc(F)c(C(F)F)c1)[C@@H]1COCc2nc(NCCN)c3cc(F)c(F)cc3c21. The zero-order valence-electron chi connectivity index (χ0n) is 18.5. The lowest BCUT2D eigenvalue weighted by Crippen LogP contribution is -2.39. The van der Waals surface area contributed by atoms with E-state index in [1.807, 2.05) is 0 Å². The van der Waals surface area contributed by atoms with Crippen LogP contribution in [0.1, 0.15) is 29.3 Å². The van der Waals surface area contributed by atoms with Gasteiger partial charge in [0, 0.05) is 36.8 Å². The number of carbonyl (C=O) groups is 1. The quantitative estimate of drug-likeness (QED) is 0.432. The summed E-state index contributed by atoms with van der Waals surface area (Å²) >= 11 is 0. The number of nitrogens with zero attached hydrogens (tertiary/aromatic N) is 2. The summed E-state index contributed by atoms with van der Waals surface area (Å²) in [4.78, 5) is 18.7. The average molecular weight is 495 g/mol. The van der Waals surface area contributed by atoms with Crippen molar-refractivity contribution < 1.29 is 31.5 Å². The zero-order valence-corrected chi connectivity index (χ0v) is 18.5. The molecular weight excluding hydrogens is 473 g/mol. The number of halogens is 5. The highest BCUT2D eigenvalue weighted by atomic mass is 19.3. The molecule has 0 saturated heterocycles. The molecule has 1 atom stereocenters. The van der Waals surface area contributed by atoms with E-state index in [1.165, 1.54) is 11.9 Å². The number of alkyl halides is 2. The third-order valence-electron chi connectivity index (χ3n) is 5.72. The van der Waals surface area contributed by atoms with Gasteiger partial charge in [0.25, 0.3) is 6.43 Å². The molecule has 0 bridgehead atoms. The van der Waals surface area contributed by atoms with Gasteiger partial charge in [-0.05, 0) is 35.7 Å². The molecule has 4 N–H and O–H groups in total. The lowest BCUT2D eigenvalue weighted by Gasteiger charge is -2.34. The predicted octanol–water partition coefficient (Wildman–Crippen LogP) is 4.70. The van der Waals surface area contributed by atoms with Gasteiger partial charge >= 0.3 is 6.03 Å². The maximum absolute atomic E-state index is 14.3. The number of pyridine rings is 1. The summed E-state index contributed by atoms with van der Waals surface area (Å²) in [6.45, 7) is 0.713. The fourth-order valence-corrected chi connectivity index (χ4v) is 3.98. The van der Waals surface area contributed by atoms with E-state index in [9.17, 15) is 26.7 Å². The maximum atomic E-state index is 14.3. The van der Waals surface area contributed by atoms with E-state index in [4.69, 9.17) is 10.5 Å². The van der Waals surface area contributed by atoms with Crippen LogP contribution in [0.2, 0.25) is 0 Å². The Bertz CT molecular complexity index is 1270. The van der Waals surface area contributed by atoms with Crippen molar-refractivity contribution in [3.63, 3.8) is 0 Å². The number of benzene rings is 2. The molecule has 0 spiro atoms. The minimum Gasteiger partial charge on any atom is -0.373 e. The van der Waals surface area contributed by atoms with Crippen molar-refractivity contribution in [1.82, 2.24) is 9.88 Å². The standard InChI is InChI=1S/C23H22F5N5O2/c1-33(23(34)31-11-2-3-15(24)14(6-11)21(27)28)19-10-35-9-18-20(19)12-7-16(25)17(26)8-13(12)22(32-18)30-5-4-29/h2-3,6-8,19,21H,4-5,9-10,29H2,1H3,(H,30,32)(H,31,34)/t19-/m1/s1. The first kappa shape index (κ1) is 24.6. The number of nitrogens with two attached hydrogens (primary N) is 1. The van der Waals surface area contributed by atoms with Gasteiger partial charge in [-0.1, -0.05) is 0 Å². The van der Waals surface area contributed by atoms with Gasteiger partial charge in [0.05, 0.1) is 30.5 Å². The molecule has 2 heterocycles. The number of nitrogens with one attached hydrogen (secondary N) is 2. The minimum absolute atomic E-state index is 0.0218. The van der Waals surface area contributed by atoms with Gasteiger partial charge in [-0.15, -0.1) is 0 Å². The Morgan fingerprint density at radius 2 is 1.89 bits per heavy atom. The number of fused-ring (bicyclic) bond motifs is 3. The van der Waals surface area contributed by atoms with Gasteiger partial charge in [-0.3, -0.25) is 0 Å². The summed E-state index contributed by atoms with van der Waals surface area (Å²) in [6.07, 6.45) is -3.06. The summed E-state index contributed by atoms with van der Waals surface area (Å²) < 4.78 is 73.6. The molecule has 7 nitrogen and oxygen atoms in total. The van der Waals surface area contributed by atoms with Gasteiger partial charge in [-0.25, -0.2) is 31.7 Å². The van der Waals surface area contributed by atoms with Crippen LogP contribution >= 0.6 is 0 Å². The second kappa shape index (κ2) is 10.0. The second-order valence-electron chi connectivity index (χ2n) is 7.96. The lowest BCUT2D eigenvalue weighted by atomic mass is 9.95. The highest BCUT2D eigenvalue weighted by molar-refractivity contribution is 5.96. The van der Waals surface area contributed by atoms with Crippen molar-refractivity contribution in [3.8, 4) is 0 Å². The van der Waals surface area contributed by atoms with Crippen LogP contribution in [0.15, 0.2) is 30.3 Å². The molecule has 0 unspecified atom stereocenters. The van der Waals surface area contributed by atoms with Gasteiger partial charge < -0.3 is 26.0 Å². The largest absolute Gasteiger partial charge is 0.373 e. The van der Waals surface area contributed by atoms with Crippen LogP contribution in [-0.2, 0) is 11.3 Å². The second-order valence-corrected chi connectivity index (χ2v) is 7.96. The van der Waals surface area contributed by atoms with Gasteiger partial charge in [0.1, 0.15) is 11.6 Å². The molecule has 0 fully saturated rings. The van der Waals surface area contributed by atoms with Crippen LogP contribution in [0.5, 0.6) is 0 Å². The molecule has 1 aromatic heterocycles. The number of likely N-dealkylation sites (N-methyl/N-ethyl adjacent to an activating group) is 1. The number of urea groups is 1. The number of hydrogen-bond acceptors (Lipinski definition) is 5. The van der Waals surface area contributed by atoms with E-state index in [-0.39, 0.29) is 25.4 Å². The number of anilines is 2. The van der Waals surface area contributed by atoms with Gasteiger partial charge in [-0.2, -0.15) is 0 Å². The van der Waals surface area contributed by atoms with Crippen molar-refractivity contribution in [2.75, 3.05) is 37.4 Å². The number of carbonyl (C=O) groups excluding carboxylic acids is 1. The van der Waals surface area contributed by atoms with E-state index in [1.54, 1.807) is 0 Å². The topological polar surface area (TPSA) is 92.5 Å². The van der Waals surface area contributed by atoms with E-state index < -0.39 is 41.5 Å². The van der Waals surface area contributed by atoms with Gasteiger partial charge in [0.15, 0.2) is 11.6 Å². The number of hydrogen-bond donors (Lipinski definition) is 3. The highest BCUT2D eigenvalue weighted by Crippen LogP contribution is 2.38. The summed E-state index contributed by atoms with van der Waals surface area (Å²) in [5.74, 6) is -2.92. The van der Waals surface area contributed by atoms with Crippen LogP contribution < -0.4 is 16.4 Å². The summed E-state index contributed by atoms with van der Waals surface area (Å²) in [5, 5.41) is 6.08. The molecule has 4 rings (SSSR count). The third kappa shape index (κ3) is 4.84. The molecule has 186 valence electrons. The summed E-state index contributed by atoms with van der Waals surface area (Å²) in [7, 11) is 1.43. The number of ether oxygens (including phenoxy) is 1. The fourth-order valence-electron chi connectivity index (χ4n) is 3.98. The normalized spacial score (nSPS) is 15.3. The monoisotopic (exact) mass is 495 g/mol. The Kier molecular flexibility index (Phi) is 7.03. The van der Waals surface area contributed by atoms with Crippen molar-refractivity contribution in [1.29, 1.82) is 0 Å². The van der Waals surface area contributed by atoms with Crippen LogP contribution in [-0.4, -0.2) is 42.7 Å². The number of amides is 2. The molecule has 0 radical (unpaired) electrons. The smallest absolute Gasteiger partial charge is 0.322 e. The Morgan fingerprint density at radius 1 is 1.17 bits per heavy atom. The highest BCUT2D eigenvalue weighted by Gasteiger charge is 2.32. The van der Waals surface area contributed by atoms with Crippen LogP contribution in [0.25, 0.3) is 10.8 Å². The molecule has 3 aromatic rings. The van der Waals surface area contributed by atoms with E-state index in [0.717, 1.165) is 30.3 Å². The minimum atomic E-state index is -3.06. The molecule has 1 aliphatic rings. The zero-order chi connectivity index (χ0) is 25.3. The molecule has 1 aliphatic heterocycles. The van der Waals surface area contributed by atoms with Gasteiger partial charge in [0.2, 0.25) is 0 Å². The van der Waals surface area contributed by atoms with Crippen LogP contribution in [0.4, 0.5) is 38.3 Å². The predicted molar refractivity (Wildman–Crippen MR) is 120 cm³/mol. The average Bonchev–Trinajstić information content (AvgIpc) is 2.83. The Labute approximate surface area is 197 Å². The molecule has 2 aromatic carbocycles.